The van der Waals surface area contributed by atoms with Gasteiger partial charge in [-0.25, -0.2) is 4.79 Å². The molecule has 0 aromatic heterocycles. The largest absolute Gasteiger partial charge is 0.477 e. The molecule has 6 nitrogen and oxygen atoms in total. The maximum atomic E-state index is 11.7. The van der Waals surface area contributed by atoms with E-state index in [2.05, 4.69) is 25.1 Å². The zero-order valence-electron chi connectivity index (χ0n) is 13.7. The number of amides is 1. The molecule has 1 amide bonds. The summed E-state index contributed by atoms with van der Waals surface area (Å²) in [5, 5.41) is 9.49. The van der Waals surface area contributed by atoms with Crippen LogP contribution in [-0.2, 0) is 9.59 Å². The normalized spacial score (nSPS) is 28.0. The number of fused-ring (bicyclic) bond motifs is 1. The summed E-state index contributed by atoms with van der Waals surface area (Å²) in [7, 11) is 4.39. The number of carbonyl (C=O) groups is 2. The lowest BCUT2D eigenvalue weighted by atomic mass is 10.1. The monoisotopic (exact) mass is 338 g/mol. The highest BCUT2D eigenvalue weighted by Gasteiger charge is 2.44. The predicted octanol–water partition coefficient (Wildman–Crippen LogP) is 0.579. The zero-order valence-corrected chi connectivity index (χ0v) is 14.5. The molecule has 0 radical (unpaired) electrons. The van der Waals surface area contributed by atoms with E-state index in [1.165, 1.54) is 4.90 Å². The van der Waals surface area contributed by atoms with Crippen LogP contribution in [0.2, 0.25) is 0 Å². The molecule has 0 aromatic rings. The standard InChI is InChI=1S/C16H23N3O3S/c1-17-5-8-19(2,9-6-17)7-3-4-12-11-23-14-10-13(20)18(14)15(12)16(21)22/h3-4,14H,5-11H2,1-2H3/p+1/b4-3+/t14-/m0/s1. The molecule has 3 aliphatic rings. The number of aliphatic carboxylic acids is 1. The lowest BCUT2D eigenvalue weighted by Gasteiger charge is -2.43. The van der Waals surface area contributed by atoms with Gasteiger partial charge in [0.25, 0.3) is 0 Å². The first kappa shape index (κ1) is 16.5. The summed E-state index contributed by atoms with van der Waals surface area (Å²) in [5.41, 5.74) is 0.940. The number of carboxylic acid groups (broad SMARTS) is 1. The number of hydrogen-bond acceptors (Lipinski definition) is 4. The number of hydrogen-bond donors (Lipinski definition) is 1. The van der Waals surface area contributed by atoms with Crippen LogP contribution in [0.25, 0.3) is 0 Å². The van der Waals surface area contributed by atoms with Crippen LogP contribution in [0.15, 0.2) is 23.4 Å². The van der Waals surface area contributed by atoms with Crippen LogP contribution in [0.1, 0.15) is 6.42 Å². The van der Waals surface area contributed by atoms with Crippen molar-refractivity contribution in [1.82, 2.24) is 9.80 Å². The molecule has 3 heterocycles. The van der Waals surface area contributed by atoms with Crippen molar-refractivity contribution in [2.75, 3.05) is 52.6 Å². The van der Waals surface area contributed by atoms with Crippen molar-refractivity contribution in [3.63, 3.8) is 0 Å². The van der Waals surface area contributed by atoms with Crippen LogP contribution in [0, 0.1) is 0 Å². The lowest BCUT2D eigenvalue weighted by molar-refractivity contribution is -0.908. The van der Waals surface area contributed by atoms with Gasteiger partial charge in [0.1, 0.15) is 5.70 Å². The quantitative estimate of drug-likeness (QED) is 0.600. The minimum absolute atomic E-state index is 0.0212. The fraction of sp³-hybridized carbons (Fsp3) is 0.625. The number of piperazine rings is 1. The molecule has 126 valence electrons. The van der Waals surface area contributed by atoms with Gasteiger partial charge in [0.2, 0.25) is 5.91 Å². The summed E-state index contributed by atoms with van der Waals surface area (Å²) >= 11 is 1.65. The van der Waals surface area contributed by atoms with E-state index in [4.69, 9.17) is 0 Å². The van der Waals surface area contributed by atoms with Gasteiger partial charge >= 0.3 is 5.97 Å². The molecule has 23 heavy (non-hydrogen) atoms. The van der Waals surface area contributed by atoms with Gasteiger partial charge in [-0.1, -0.05) is 6.08 Å². The molecule has 3 aliphatic heterocycles. The van der Waals surface area contributed by atoms with E-state index in [-0.39, 0.29) is 17.0 Å². The molecule has 3 rings (SSSR count). The molecule has 0 spiro atoms. The van der Waals surface area contributed by atoms with Crippen molar-refractivity contribution in [2.24, 2.45) is 0 Å². The van der Waals surface area contributed by atoms with E-state index < -0.39 is 5.97 Å². The highest BCUT2D eigenvalue weighted by molar-refractivity contribution is 8.00. The van der Waals surface area contributed by atoms with E-state index in [0.29, 0.717) is 12.2 Å². The van der Waals surface area contributed by atoms with Gasteiger partial charge in [-0.15, -0.1) is 11.8 Å². The number of carboxylic acids is 1. The number of thioether (sulfide) groups is 1. The first-order valence-corrected chi connectivity index (χ1v) is 9.03. The molecule has 1 N–H and O–H groups in total. The molecule has 0 saturated carbocycles. The van der Waals surface area contributed by atoms with Gasteiger partial charge < -0.3 is 9.59 Å². The average Bonchev–Trinajstić information content (AvgIpc) is 2.50. The number of allylic oxidation sites excluding steroid dienone is 1. The summed E-state index contributed by atoms with van der Waals surface area (Å²) in [5.74, 6) is -0.412. The highest BCUT2D eigenvalue weighted by atomic mass is 32.2. The van der Waals surface area contributed by atoms with Gasteiger partial charge in [0.05, 0.1) is 38.5 Å². The molecular formula is C16H24N3O3S+. The number of β-lactam (4-membered cyclic amide) rings is 1. The topological polar surface area (TPSA) is 60.9 Å². The molecule has 2 saturated heterocycles. The summed E-state index contributed by atoms with van der Waals surface area (Å²) < 4.78 is 0.981. The Bertz CT molecular complexity index is 579. The molecule has 0 aromatic carbocycles. The van der Waals surface area contributed by atoms with E-state index in [0.717, 1.165) is 42.8 Å². The highest BCUT2D eigenvalue weighted by Crippen LogP contribution is 2.40. The van der Waals surface area contributed by atoms with Crippen LogP contribution in [-0.4, -0.2) is 89.2 Å². The van der Waals surface area contributed by atoms with Crippen molar-refractivity contribution >= 4 is 23.6 Å². The first-order chi connectivity index (χ1) is 10.9. The Balaban J connectivity index is 1.71. The molecule has 0 aliphatic carbocycles. The van der Waals surface area contributed by atoms with Gasteiger partial charge in [-0.05, 0) is 18.7 Å². The van der Waals surface area contributed by atoms with Crippen LogP contribution in [0.5, 0.6) is 0 Å². The second kappa shape index (κ2) is 6.30. The molecular weight excluding hydrogens is 314 g/mol. The fourth-order valence-electron chi connectivity index (χ4n) is 3.25. The summed E-state index contributed by atoms with van der Waals surface area (Å²) in [6.45, 7) is 5.28. The first-order valence-electron chi connectivity index (χ1n) is 7.98. The van der Waals surface area contributed by atoms with Crippen molar-refractivity contribution < 1.29 is 19.2 Å². The van der Waals surface area contributed by atoms with Crippen molar-refractivity contribution in [3.05, 3.63) is 23.4 Å². The third kappa shape index (κ3) is 3.32. The van der Waals surface area contributed by atoms with E-state index in [1.807, 2.05) is 6.08 Å². The average molecular weight is 338 g/mol. The zero-order chi connectivity index (χ0) is 16.6. The Hall–Kier alpha value is -1.31. The van der Waals surface area contributed by atoms with Gasteiger partial charge in [0, 0.05) is 18.8 Å². The second-order valence-electron chi connectivity index (χ2n) is 6.87. The van der Waals surface area contributed by atoms with Crippen molar-refractivity contribution in [3.8, 4) is 0 Å². The van der Waals surface area contributed by atoms with Gasteiger partial charge in [-0.2, -0.15) is 0 Å². The summed E-state index contributed by atoms with van der Waals surface area (Å²) in [6.07, 6.45) is 4.45. The molecule has 7 heteroatoms. The Labute approximate surface area is 141 Å². The predicted molar refractivity (Wildman–Crippen MR) is 89.8 cm³/mol. The molecule has 1 atom stereocenters. The Morgan fingerprint density at radius 3 is 2.74 bits per heavy atom. The van der Waals surface area contributed by atoms with E-state index in [1.54, 1.807) is 11.8 Å². The maximum Gasteiger partial charge on any atom is 0.352 e. The van der Waals surface area contributed by atoms with Crippen molar-refractivity contribution in [2.45, 2.75) is 11.8 Å². The maximum absolute atomic E-state index is 11.7. The smallest absolute Gasteiger partial charge is 0.352 e. The minimum atomic E-state index is -0.997. The van der Waals surface area contributed by atoms with Gasteiger partial charge in [0.15, 0.2) is 0 Å². The van der Waals surface area contributed by atoms with Crippen LogP contribution in [0.4, 0.5) is 0 Å². The number of rotatable bonds is 4. The van der Waals surface area contributed by atoms with Crippen LogP contribution < -0.4 is 0 Å². The third-order valence-corrected chi connectivity index (χ3v) is 6.23. The fourth-order valence-corrected chi connectivity index (χ4v) is 4.48. The minimum Gasteiger partial charge on any atom is -0.477 e. The Kier molecular flexibility index (Phi) is 4.53. The number of carbonyl (C=O) groups excluding carboxylic acids is 1. The number of likely N-dealkylation sites (N-methyl/N-ethyl adjacent to an activating group) is 2. The SMILES string of the molecule is CN1CC[N+](C)(C/C=C/C2=C(C(=O)O)N3C(=O)C[C@@H]3SC2)CC1. The number of nitrogens with zero attached hydrogens (tertiary/aromatic N) is 3. The molecule has 2 fully saturated rings. The van der Waals surface area contributed by atoms with E-state index in [9.17, 15) is 14.7 Å². The van der Waals surface area contributed by atoms with Crippen molar-refractivity contribution in [1.29, 1.82) is 0 Å². The lowest BCUT2D eigenvalue weighted by Crippen LogP contribution is -2.56. The summed E-state index contributed by atoms with van der Waals surface area (Å²) in [6, 6.07) is 0. The van der Waals surface area contributed by atoms with Crippen LogP contribution >= 0.6 is 11.8 Å². The van der Waals surface area contributed by atoms with Gasteiger partial charge in [-0.3, -0.25) is 14.6 Å². The third-order valence-electron chi connectivity index (χ3n) is 4.99. The molecule has 0 bridgehead atoms. The van der Waals surface area contributed by atoms with E-state index >= 15 is 0 Å². The second-order valence-corrected chi connectivity index (χ2v) is 8.03. The van der Waals surface area contributed by atoms with Crippen LogP contribution in [0.3, 0.4) is 0 Å². The Morgan fingerprint density at radius 1 is 1.43 bits per heavy atom. The summed E-state index contributed by atoms with van der Waals surface area (Å²) in [4.78, 5) is 27.1. The Morgan fingerprint density at radius 2 is 2.13 bits per heavy atom. The number of quaternary nitrogens is 1. The molecule has 0 unspecified atom stereocenters.